The Hall–Kier alpha value is -4.42. The summed E-state index contributed by atoms with van der Waals surface area (Å²) in [5, 5.41) is 4.04. The molecule has 0 aliphatic heterocycles. The SMILES string of the molecule is O=P(c1ccccc1)(c1ccccc1)c1ccccc1Oc1ccccc1P(=O)(c1ccccc1)c1ccccc1. The van der Waals surface area contributed by atoms with Crippen LogP contribution in [-0.4, -0.2) is 0 Å². The van der Waals surface area contributed by atoms with E-state index in [0.717, 1.165) is 21.2 Å². The average molecular weight is 571 g/mol. The van der Waals surface area contributed by atoms with Gasteiger partial charge in [-0.2, -0.15) is 0 Å². The van der Waals surface area contributed by atoms with Crippen LogP contribution < -0.4 is 36.6 Å². The van der Waals surface area contributed by atoms with Gasteiger partial charge in [-0.3, -0.25) is 0 Å². The molecule has 0 amide bonds. The van der Waals surface area contributed by atoms with Gasteiger partial charge in [-0.1, -0.05) is 146 Å². The monoisotopic (exact) mass is 570 g/mol. The third-order valence-corrected chi connectivity index (χ3v) is 13.3. The summed E-state index contributed by atoms with van der Waals surface area (Å²) < 4.78 is 37.1. The van der Waals surface area contributed by atoms with Crippen molar-refractivity contribution >= 4 is 46.1 Å². The predicted molar refractivity (Wildman–Crippen MR) is 172 cm³/mol. The molecule has 0 spiro atoms. The molecule has 0 aromatic heterocycles. The Morgan fingerprint density at radius 2 is 0.561 bits per heavy atom. The van der Waals surface area contributed by atoms with E-state index in [1.165, 1.54) is 0 Å². The summed E-state index contributed by atoms with van der Waals surface area (Å²) >= 11 is 0. The van der Waals surface area contributed by atoms with Gasteiger partial charge >= 0.3 is 0 Å². The van der Waals surface area contributed by atoms with Crippen molar-refractivity contribution in [2.75, 3.05) is 0 Å². The number of rotatable bonds is 8. The second-order valence-electron chi connectivity index (χ2n) is 9.60. The topological polar surface area (TPSA) is 43.4 Å². The van der Waals surface area contributed by atoms with E-state index < -0.39 is 14.3 Å². The Bertz CT molecular complexity index is 1630. The highest BCUT2D eigenvalue weighted by molar-refractivity contribution is 7.86. The standard InChI is InChI=1S/C36H28O3P2/c37-40(29-17-5-1-6-18-29,30-19-7-2-8-20-30)35-27-15-13-25-33(35)39-34-26-14-16-28-36(34)41(38,31-21-9-3-10-22-31)32-23-11-4-12-24-32/h1-28H. The number of para-hydroxylation sites is 2. The van der Waals surface area contributed by atoms with Crippen LogP contribution in [0.15, 0.2) is 170 Å². The minimum atomic E-state index is -3.32. The Morgan fingerprint density at radius 1 is 0.317 bits per heavy atom. The number of hydrogen-bond acceptors (Lipinski definition) is 3. The Kier molecular flexibility index (Phi) is 7.57. The van der Waals surface area contributed by atoms with Crippen LogP contribution in [0.25, 0.3) is 0 Å². The Balaban J connectivity index is 1.54. The van der Waals surface area contributed by atoms with Crippen molar-refractivity contribution in [2.45, 2.75) is 0 Å². The third-order valence-electron chi connectivity index (χ3n) is 7.11. The molecule has 6 aromatic rings. The fourth-order valence-corrected chi connectivity index (χ4v) is 10.7. The van der Waals surface area contributed by atoms with E-state index in [2.05, 4.69) is 0 Å². The lowest BCUT2D eigenvalue weighted by Gasteiger charge is -2.25. The quantitative estimate of drug-likeness (QED) is 0.190. The van der Waals surface area contributed by atoms with Gasteiger partial charge in [-0.25, -0.2) is 0 Å². The highest BCUT2D eigenvalue weighted by Crippen LogP contribution is 2.48. The first kappa shape index (κ1) is 26.8. The molecule has 5 heteroatoms. The first-order valence-electron chi connectivity index (χ1n) is 13.4. The molecule has 0 bridgehead atoms. The van der Waals surface area contributed by atoms with Crippen molar-refractivity contribution in [1.82, 2.24) is 0 Å². The van der Waals surface area contributed by atoms with Crippen LogP contribution in [0, 0.1) is 0 Å². The van der Waals surface area contributed by atoms with Gasteiger partial charge < -0.3 is 13.9 Å². The second kappa shape index (κ2) is 11.6. The largest absolute Gasteiger partial charge is 0.456 e. The molecular weight excluding hydrogens is 542 g/mol. The van der Waals surface area contributed by atoms with Crippen LogP contribution in [-0.2, 0) is 9.13 Å². The van der Waals surface area contributed by atoms with Crippen molar-refractivity contribution in [3.05, 3.63) is 170 Å². The molecule has 0 saturated heterocycles. The second-order valence-corrected chi connectivity index (χ2v) is 15.1. The van der Waals surface area contributed by atoms with Gasteiger partial charge in [0.1, 0.15) is 11.5 Å². The molecule has 0 N–H and O–H groups in total. The molecule has 6 rings (SSSR count). The number of ether oxygens (including phenoxy) is 1. The van der Waals surface area contributed by atoms with Gasteiger partial charge in [0.15, 0.2) is 14.3 Å². The van der Waals surface area contributed by atoms with Crippen LogP contribution in [0.1, 0.15) is 0 Å². The number of benzene rings is 6. The lowest BCUT2D eigenvalue weighted by atomic mass is 10.3. The maximum absolute atomic E-state index is 15.2. The van der Waals surface area contributed by atoms with E-state index in [0.29, 0.717) is 22.1 Å². The normalized spacial score (nSPS) is 11.6. The molecule has 0 radical (unpaired) electrons. The molecule has 200 valence electrons. The minimum Gasteiger partial charge on any atom is -0.456 e. The smallest absolute Gasteiger partial charge is 0.174 e. The molecule has 0 aliphatic rings. The van der Waals surface area contributed by atoms with E-state index in [-0.39, 0.29) is 0 Å². The van der Waals surface area contributed by atoms with Gasteiger partial charge in [0, 0.05) is 21.2 Å². The highest BCUT2D eigenvalue weighted by Gasteiger charge is 2.35. The molecule has 3 nitrogen and oxygen atoms in total. The van der Waals surface area contributed by atoms with Crippen molar-refractivity contribution in [1.29, 1.82) is 0 Å². The zero-order valence-electron chi connectivity index (χ0n) is 22.3. The van der Waals surface area contributed by atoms with Crippen molar-refractivity contribution < 1.29 is 13.9 Å². The molecule has 0 saturated carbocycles. The Morgan fingerprint density at radius 3 is 0.854 bits per heavy atom. The fourth-order valence-electron chi connectivity index (χ4n) is 5.13. The summed E-state index contributed by atoms with van der Waals surface area (Å²) in [6, 6.07) is 53.0. The van der Waals surface area contributed by atoms with E-state index >= 15 is 9.13 Å². The van der Waals surface area contributed by atoms with Crippen molar-refractivity contribution in [3.8, 4) is 11.5 Å². The molecule has 0 fully saturated rings. The van der Waals surface area contributed by atoms with E-state index in [1.54, 1.807) is 0 Å². The summed E-state index contributed by atoms with van der Waals surface area (Å²) in [5.41, 5.74) is 0. The van der Waals surface area contributed by atoms with Crippen LogP contribution in [0.4, 0.5) is 0 Å². The summed E-state index contributed by atoms with van der Waals surface area (Å²) in [6.45, 7) is 0. The molecule has 41 heavy (non-hydrogen) atoms. The lowest BCUT2D eigenvalue weighted by Crippen LogP contribution is -2.27. The zero-order chi connectivity index (χ0) is 28.1. The lowest BCUT2D eigenvalue weighted by molar-refractivity contribution is 0.489. The van der Waals surface area contributed by atoms with Crippen LogP contribution in [0.5, 0.6) is 11.5 Å². The number of hydrogen-bond donors (Lipinski definition) is 0. The van der Waals surface area contributed by atoms with Crippen LogP contribution >= 0.6 is 14.3 Å². The van der Waals surface area contributed by atoms with E-state index in [9.17, 15) is 0 Å². The zero-order valence-corrected chi connectivity index (χ0v) is 24.1. The summed E-state index contributed by atoms with van der Waals surface area (Å²) in [7, 11) is -6.63. The highest BCUT2D eigenvalue weighted by atomic mass is 31.2. The van der Waals surface area contributed by atoms with E-state index in [1.807, 2.05) is 170 Å². The molecular formula is C36H28O3P2. The van der Waals surface area contributed by atoms with Gasteiger partial charge in [0.25, 0.3) is 0 Å². The maximum Gasteiger partial charge on any atom is 0.174 e. The van der Waals surface area contributed by atoms with Crippen LogP contribution in [0.2, 0.25) is 0 Å². The van der Waals surface area contributed by atoms with Gasteiger partial charge in [-0.05, 0) is 24.3 Å². The van der Waals surface area contributed by atoms with Gasteiger partial charge in [0.2, 0.25) is 0 Å². The van der Waals surface area contributed by atoms with Crippen molar-refractivity contribution in [2.24, 2.45) is 0 Å². The first-order chi connectivity index (χ1) is 20.1. The van der Waals surface area contributed by atoms with Gasteiger partial charge in [0.05, 0.1) is 10.6 Å². The molecule has 6 aromatic carbocycles. The minimum absolute atomic E-state index is 0.462. The van der Waals surface area contributed by atoms with Crippen LogP contribution in [0.3, 0.4) is 0 Å². The van der Waals surface area contributed by atoms with Crippen molar-refractivity contribution in [3.63, 3.8) is 0 Å². The fraction of sp³-hybridized carbons (Fsp3) is 0. The first-order valence-corrected chi connectivity index (χ1v) is 16.8. The maximum atomic E-state index is 15.2. The third kappa shape index (κ3) is 5.00. The summed E-state index contributed by atoms with van der Waals surface area (Å²) in [4.78, 5) is 0. The molecule has 0 aliphatic carbocycles. The summed E-state index contributed by atoms with van der Waals surface area (Å²) in [5.74, 6) is 0.923. The average Bonchev–Trinajstić information content (AvgIpc) is 3.06. The molecule has 0 unspecified atom stereocenters. The summed E-state index contributed by atoms with van der Waals surface area (Å²) in [6.07, 6.45) is 0. The van der Waals surface area contributed by atoms with Gasteiger partial charge in [-0.15, -0.1) is 0 Å². The molecule has 0 heterocycles. The van der Waals surface area contributed by atoms with E-state index in [4.69, 9.17) is 4.74 Å². The molecule has 0 atom stereocenters. The predicted octanol–water partition coefficient (Wildman–Crippen LogP) is 6.76. The Labute approximate surface area is 240 Å².